The van der Waals surface area contributed by atoms with E-state index in [0.29, 0.717) is 11.4 Å². The van der Waals surface area contributed by atoms with Gasteiger partial charge in [-0.3, -0.25) is 21.4 Å². The molecule has 3 aromatic rings. The second kappa shape index (κ2) is 22.5. The number of nitrogens with one attached hydrogen (secondary N) is 2. The van der Waals surface area contributed by atoms with Crippen LogP contribution in [0.15, 0.2) is 124 Å². The number of rotatable bonds is 7. The Morgan fingerprint density at radius 2 is 0.854 bits per heavy atom. The first-order chi connectivity index (χ1) is 18.9. The molecular formula is C31H43CoN4O4P. The quantitative estimate of drug-likeness (QED) is 0.0970. The Hall–Kier alpha value is -3.20. The first kappa shape index (κ1) is 39.9. The Morgan fingerprint density at radius 1 is 0.634 bits per heavy atom. The molecule has 0 spiro atoms. The van der Waals surface area contributed by atoms with Crippen molar-refractivity contribution in [1.82, 2.24) is 11.0 Å². The smallest absolute Gasteiger partial charge is 0.103 e. The summed E-state index contributed by atoms with van der Waals surface area (Å²) in [6, 6.07) is 32.5. The number of hydroxylamine groups is 2. The van der Waals surface area contributed by atoms with Crippen LogP contribution in [-0.4, -0.2) is 10.4 Å². The van der Waals surface area contributed by atoms with Crippen LogP contribution in [0, 0.1) is 22.2 Å². The molecule has 1 radical (unpaired) electrons. The Balaban J connectivity index is 0. The van der Waals surface area contributed by atoms with Crippen LogP contribution in [0.4, 0.5) is 0 Å². The minimum atomic E-state index is -0.877. The molecule has 0 amide bonds. The topological polar surface area (TPSA) is 123 Å². The fourth-order valence-electron chi connectivity index (χ4n) is 2.61. The van der Waals surface area contributed by atoms with Gasteiger partial charge in [0.05, 0.1) is 19.3 Å². The first-order valence-electron chi connectivity index (χ1n) is 12.6. The molecule has 225 valence electrons. The van der Waals surface area contributed by atoms with E-state index in [4.69, 9.17) is 10.4 Å². The summed E-state index contributed by atoms with van der Waals surface area (Å²) in [7, 11) is -0.877. The van der Waals surface area contributed by atoms with E-state index in [1.54, 1.807) is 24.8 Å². The van der Waals surface area contributed by atoms with E-state index < -0.39 is 7.92 Å². The summed E-state index contributed by atoms with van der Waals surface area (Å²) >= 11 is 0. The van der Waals surface area contributed by atoms with Crippen molar-refractivity contribution < 1.29 is 27.2 Å². The van der Waals surface area contributed by atoms with Crippen molar-refractivity contribution in [3.05, 3.63) is 131 Å². The first-order valence-corrected chi connectivity index (χ1v) is 14.1. The molecule has 4 N–H and O–H groups in total. The largest absolute Gasteiger partial charge is 0.338 e. The van der Waals surface area contributed by atoms with Crippen molar-refractivity contribution in [3.63, 3.8) is 0 Å². The van der Waals surface area contributed by atoms with Crippen molar-refractivity contribution in [3.8, 4) is 0 Å². The van der Waals surface area contributed by atoms with Crippen molar-refractivity contribution in [2.24, 2.45) is 15.8 Å². The molecule has 0 bridgehead atoms. The minimum Gasteiger partial charge on any atom is -0.338 e. The van der Waals surface area contributed by atoms with Gasteiger partial charge < -0.3 is 6.92 Å². The van der Waals surface area contributed by atoms with Gasteiger partial charge in [0.1, 0.15) is 27.3 Å². The van der Waals surface area contributed by atoms with Crippen LogP contribution in [0.25, 0.3) is 0 Å². The maximum Gasteiger partial charge on any atom is 0.103 e. The maximum atomic E-state index is 9.65. The molecule has 0 fully saturated rings. The summed E-state index contributed by atoms with van der Waals surface area (Å²) in [5, 5.41) is 25.7. The molecule has 3 rings (SSSR count). The fourth-order valence-corrected chi connectivity index (χ4v) is 5.19. The Kier molecular flexibility index (Phi) is 21.9. The van der Waals surface area contributed by atoms with Gasteiger partial charge in [0.2, 0.25) is 0 Å². The molecule has 0 saturated heterocycles. The molecule has 8 nitrogen and oxygen atoms in total. The summed E-state index contributed by atoms with van der Waals surface area (Å²) < 4.78 is 0. The Bertz CT molecular complexity index is 1060. The minimum absolute atomic E-state index is 0. The molecular weight excluding hydrogens is 582 g/mol. The van der Waals surface area contributed by atoms with Gasteiger partial charge in [0.15, 0.2) is 0 Å². The number of benzene rings is 3. The summed E-state index contributed by atoms with van der Waals surface area (Å²) in [4.78, 5) is 19.3. The van der Waals surface area contributed by atoms with Crippen LogP contribution < -0.4 is 26.9 Å². The van der Waals surface area contributed by atoms with Crippen molar-refractivity contribution >= 4 is 23.8 Å². The van der Waals surface area contributed by atoms with E-state index in [1.165, 1.54) is 29.8 Å². The van der Waals surface area contributed by atoms with E-state index in [9.17, 15) is 9.81 Å². The molecule has 0 aromatic heterocycles. The fraction of sp³-hybridized carbons (Fsp3) is 0.258. The van der Waals surface area contributed by atoms with Crippen LogP contribution in [0.5, 0.6) is 0 Å². The van der Waals surface area contributed by atoms with Crippen LogP contribution in [-0.2, 0) is 16.8 Å². The van der Waals surface area contributed by atoms with Gasteiger partial charge in [-0.05, 0) is 74.4 Å². The van der Waals surface area contributed by atoms with Crippen LogP contribution >= 0.6 is 7.92 Å². The Morgan fingerprint density at radius 3 is 1.00 bits per heavy atom. The standard InChI is InChI=1S/C18H15P.C5H11.2C4H8N2O2.Co/c1-4-10-16(11-5-1)19(17-12-6-2-7-13-17)18-14-8-3-9-15-18;1-5(2,3)4;2*1-3(5-7)4(2)6-8;/h1-15H;1H2,2-4H3;2*5,7H,1-2H3;/q;-1;;;/p+1. The van der Waals surface area contributed by atoms with Crippen LogP contribution in [0.3, 0.4) is 0 Å². The summed E-state index contributed by atoms with van der Waals surface area (Å²) in [6.07, 6.45) is 0. The molecule has 0 unspecified atom stereocenters. The maximum absolute atomic E-state index is 9.65. The van der Waals surface area contributed by atoms with Crippen LogP contribution in [0.2, 0.25) is 0 Å². The average molecular weight is 626 g/mol. The number of allylic oxidation sites excluding steroid dienone is 4. The predicted octanol–water partition coefficient (Wildman–Crippen LogP) is 7.01. The van der Waals surface area contributed by atoms with E-state index in [1.807, 2.05) is 0 Å². The molecule has 41 heavy (non-hydrogen) atoms. The van der Waals surface area contributed by atoms with Gasteiger partial charge in [-0.25, -0.2) is 0 Å². The molecule has 0 aliphatic rings. The average Bonchev–Trinajstić information content (AvgIpc) is 2.97. The predicted molar refractivity (Wildman–Crippen MR) is 170 cm³/mol. The van der Waals surface area contributed by atoms with Gasteiger partial charge in [-0.1, -0.05) is 75.4 Å². The van der Waals surface area contributed by atoms with Crippen LogP contribution in [0.1, 0.15) is 48.5 Å². The molecule has 0 aliphatic heterocycles. The van der Waals surface area contributed by atoms with Gasteiger partial charge >= 0.3 is 0 Å². The zero-order chi connectivity index (χ0) is 30.6. The van der Waals surface area contributed by atoms with Gasteiger partial charge in [-0.2, -0.15) is 5.41 Å². The Labute approximate surface area is 256 Å². The van der Waals surface area contributed by atoms with E-state index in [0.717, 1.165) is 0 Å². The zero-order valence-corrected chi connectivity index (χ0v) is 26.8. The second-order valence-corrected chi connectivity index (χ2v) is 12.3. The summed E-state index contributed by atoms with van der Waals surface area (Å²) in [5.74, 6) is 0. The van der Waals surface area contributed by atoms with Gasteiger partial charge in [-0.15, -0.1) is 9.81 Å². The number of nitrogens with zero attached hydrogens (tertiary/aromatic N) is 2. The second-order valence-electron chi connectivity index (χ2n) is 9.86. The van der Waals surface area contributed by atoms with Gasteiger partial charge in [0.25, 0.3) is 0 Å². The third kappa shape index (κ3) is 18.7. The molecule has 0 saturated carbocycles. The van der Waals surface area contributed by atoms with E-state index in [2.05, 4.69) is 129 Å². The third-order valence-corrected chi connectivity index (χ3v) is 7.61. The molecule has 3 aromatic carbocycles. The van der Waals surface area contributed by atoms with E-state index >= 15 is 0 Å². The van der Waals surface area contributed by atoms with E-state index in [-0.39, 0.29) is 33.6 Å². The van der Waals surface area contributed by atoms with Crippen molar-refractivity contribution in [2.45, 2.75) is 48.5 Å². The summed E-state index contributed by atoms with van der Waals surface area (Å²) in [6.45, 7) is 16.1. The third-order valence-electron chi connectivity index (χ3n) is 4.88. The number of hydrogen-bond acceptors (Lipinski definition) is 8. The summed E-state index contributed by atoms with van der Waals surface area (Å²) in [5.41, 5.74) is 5.12. The normalized spacial score (nSPS) is 11.2. The SMILES string of the molecule is CC(N=O)=C(C)NO.CC(N=O)=C(C)NO.[CH2-]C(C)(C)C.[Co].c1ccc([PH+](c2ccccc2)c2ccccc2)cc1. The number of nitroso groups, excluding NO2 is 2. The monoisotopic (exact) mass is 625 g/mol. The van der Waals surface area contributed by atoms with Gasteiger partial charge in [0, 0.05) is 16.8 Å². The number of hydrogen-bond donors (Lipinski definition) is 4. The van der Waals surface area contributed by atoms with Crippen molar-refractivity contribution in [2.75, 3.05) is 0 Å². The zero-order valence-electron chi connectivity index (χ0n) is 24.8. The molecule has 10 heteroatoms. The molecule has 0 aliphatic carbocycles. The molecule has 0 heterocycles. The van der Waals surface area contributed by atoms with Crippen molar-refractivity contribution in [1.29, 1.82) is 0 Å². The molecule has 0 atom stereocenters.